The minimum Gasteiger partial charge on any atom is -0.339 e. The zero-order valence-electron chi connectivity index (χ0n) is 18.2. The Morgan fingerprint density at radius 3 is 2.68 bits per heavy atom. The van der Waals surface area contributed by atoms with Crippen molar-refractivity contribution in [1.29, 1.82) is 0 Å². The third-order valence-electron chi connectivity index (χ3n) is 6.69. The van der Waals surface area contributed by atoms with Crippen molar-refractivity contribution in [3.63, 3.8) is 0 Å². The van der Waals surface area contributed by atoms with Gasteiger partial charge in [-0.2, -0.15) is 0 Å². The molecule has 6 heteroatoms. The van der Waals surface area contributed by atoms with E-state index in [1.54, 1.807) is 0 Å². The van der Waals surface area contributed by atoms with Gasteiger partial charge in [0, 0.05) is 37.4 Å². The molecule has 0 radical (unpaired) electrons. The van der Waals surface area contributed by atoms with E-state index in [-0.39, 0.29) is 11.9 Å². The maximum absolute atomic E-state index is 13.3. The van der Waals surface area contributed by atoms with Crippen LogP contribution in [0.1, 0.15) is 19.3 Å². The molecular formula is C25H29N5O. The minimum absolute atomic E-state index is 0.159. The molecule has 0 saturated carbocycles. The Morgan fingerprint density at radius 1 is 1.03 bits per heavy atom. The van der Waals surface area contributed by atoms with Gasteiger partial charge in [0.25, 0.3) is 0 Å². The summed E-state index contributed by atoms with van der Waals surface area (Å²) in [5.74, 6) is 0.881. The van der Waals surface area contributed by atoms with Crippen LogP contribution < -0.4 is 4.90 Å². The van der Waals surface area contributed by atoms with Crippen molar-refractivity contribution in [3.8, 4) is 11.3 Å². The fourth-order valence-corrected chi connectivity index (χ4v) is 4.83. The summed E-state index contributed by atoms with van der Waals surface area (Å²) in [5.41, 5.74) is 1.96. The van der Waals surface area contributed by atoms with Gasteiger partial charge in [0.05, 0.1) is 5.69 Å². The lowest BCUT2D eigenvalue weighted by molar-refractivity contribution is -0.131. The molecule has 5 rings (SSSR count). The molecule has 6 nitrogen and oxygen atoms in total. The molecule has 0 spiro atoms. The van der Waals surface area contributed by atoms with Crippen molar-refractivity contribution >= 4 is 22.6 Å². The molecule has 2 saturated heterocycles. The molecule has 0 aliphatic carbocycles. The predicted molar refractivity (Wildman–Crippen MR) is 124 cm³/mol. The number of nitrogens with zero attached hydrogens (tertiary/aromatic N) is 5. The molecule has 0 N–H and O–H groups in total. The molecule has 0 bridgehead atoms. The van der Waals surface area contributed by atoms with Gasteiger partial charge in [-0.25, -0.2) is 9.97 Å². The highest BCUT2D eigenvalue weighted by molar-refractivity contribution is 5.87. The minimum atomic E-state index is -0.159. The zero-order chi connectivity index (χ0) is 21.4. The molecule has 2 atom stereocenters. The second-order valence-electron chi connectivity index (χ2n) is 8.85. The predicted octanol–water partition coefficient (Wildman–Crippen LogP) is 3.43. The van der Waals surface area contributed by atoms with E-state index in [2.05, 4.69) is 71.3 Å². The van der Waals surface area contributed by atoms with Gasteiger partial charge >= 0.3 is 0 Å². The lowest BCUT2D eigenvalue weighted by atomic mass is 10.1. The molecule has 2 aromatic carbocycles. The van der Waals surface area contributed by atoms with Crippen molar-refractivity contribution < 1.29 is 4.79 Å². The van der Waals surface area contributed by atoms with Crippen LogP contribution in [0.4, 0.5) is 5.95 Å². The van der Waals surface area contributed by atoms with Crippen molar-refractivity contribution in [2.75, 3.05) is 38.6 Å². The van der Waals surface area contributed by atoms with Crippen LogP contribution in [0.5, 0.6) is 0 Å². The van der Waals surface area contributed by atoms with Crippen LogP contribution in [0.2, 0.25) is 0 Å². The molecule has 0 unspecified atom stereocenters. The number of likely N-dealkylation sites (N-methyl/N-ethyl adjacent to an activating group) is 1. The van der Waals surface area contributed by atoms with Gasteiger partial charge in [0.1, 0.15) is 6.04 Å². The summed E-state index contributed by atoms with van der Waals surface area (Å²) in [4.78, 5) is 29.1. The monoisotopic (exact) mass is 415 g/mol. The Labute approximate surface area is 183 Å². The Kier molecular flexibility index (Phi) is 5.32. The standard InChI is InChI=1S/C25H29N5O/c1-28(2)21-12-15-29(17-21)24(31)23-8-5-14-30(23)25-26-13-11-22(27-25)20-10-9-18-6-3-4-7-19(18)16-20/h3-4,6-7,9-11,13,16,21,23H,5,8,12,14-15,17H2,1-2H3/t21-,23-/m0/s1. The summed E-state index contributed by atoms with van der Waals surface area (Å²) in [7, 11) is 4.18. The summed E-state index contributed by atoms with van der Waals surface area (Å²) < 4.78 is 0. The molecule has 3 heterocycles. The highest BCUT2D eigenvalue weighted by atomic mass is 16.2. The molecule has 160 valence electrons. The van der Waals surface area contributed by atoms with Crippen LogP contribution in [0.3, 0.4) is 0 Å². The topological polar surface area (TPSA) is 52.6 Å². The van der Waals surface area contributed by atoms with Gasteiger partial charge in [-0.05, 0) is 56.3 Å². The average Bonchev–Trinajstić information content (AvgIpc) is 3.49. The van der Waals surface area contributed by atoms with Crippen LogP contribution in [-0.2, 0) is 4.79 Å². The SMILES string of the molecule is CN(C)[C@H]1CCN(C(=O)[C@@H]2CCCN2c2nccc(-c3ccc4ccccc4c3)n2)C1. The third-order valence-corrected chi connectivity index (χ3v) is 6.69. The summed E-state index contributed by atoms with van der Waals surface area (Å²) in [5, 5.41) is 2.41. The molecule has 2 aliphatic rings. The van der Waals surface area contributed by atoms with E-state index in [0.717, 1.165) is 50.2 Å². The van der Waals surface area contributed by atoms with E-state index < -0.39 is 0 Å². The van der Waals surface area contributed by atoms with Crippen LogP contribution in [0, 0.1) is 0 Å². The highest BCUT2D eigenvalue weighted by Crippen LogP contribution is 2.28. The van der Waals surface area contributed by atoms with Gasteiger partial charge in [-0.3, -0.25) is 4.79 Å². The van der Waals surface area contributed by atoms with Crippen molar-refractivity contribution in [2.45, 2.75) is 31.3 Å². The van der Waals surface area contributed by atoms with Crippen molar-refractivity contribution in [2.24, 2.45) is 0 Å². The first-order chi connectivity index (χ1) is 15.1. The lowest BCUT2D eigenvalue weighted by Crippen LogP contribution is -2.46. The van der Waals surface area contributed by atoms with Gasteiger partial charge < -0.3 is 14.7 Å². The molecule has 2 fully saturated rings. The number of benzene rings is 2. The zero-order valence-corrected chi connectivity index (χ0v) is 18.2. The van der Waals surface area contributed by atoms with Crippen molar-refractivity contribution in [1.82, 2.24) is 19.8 Å². The number of rotatable bonds is 4. The van der Waals surface area contributed by atoms with E-state index >= 15 is 0 Å². The van der Waals surface area contributed by atoms with Crippen LogP contribution >= 0.6 is 0 Å². The summed E-state index contributed by atoms with van der Waals surface area (Å²) in [6.07, 6.45) is 4.71. The molecular weight excluding hydrogens is 386 g/mol. The second-order valence-corrected chi connectivity index (χ2v) is 8.85. The van der Waals surface area contributed by atoms with Gasteiger partial charge in [0.15, 0.2) is 0 Å². The molecule has 3 aromatic rings. The van der Waals surface area contributed by atoms with Crippen LogP contribution in [-0.4, -0.2) is 71.5 Å². The third kappa shape index (κ3) is 3.88. The van der Waals surface area contributed by atoms with E-state index in [1.165, 1.54) is 10.8 Å². The second kappa shape index (κ2) is 8.27. The first-order valence-corrected chi connectivity index (χ1v) is 11.1. The summed E-state index contributed by atoms with van der Waals surface area (Å²) >= 11 is 0. The Morgan fingerprint density at radius 2 is 1.87 bits per heavy atom. The van der Waals surface area contributed by atoms with Crippen LogP contribution in [0.15, 0.2) is 54.7 Å². The number of fused-ring (bicyclic) bond motifs is 1. The number of hydrogen-bond donors (Lipinski definition) is 0. The summed E-state index contributed by atoms with van der Waals surface area (Å²) in [6.45, 7) is 2.47. The lowest BCUT2D eigenvalue weighted by Gasteiger charge is -2.28. The molecule has 31 heavy (non-hydrogen) atoms. The molecule has 1 amide bonds. The Hall–Kier alpha value is -2.99. The number of hydrogen-bond acceptors (Lipinski definition) is 5. The number of amides is 1. The molecule has 2 aliphatic heterocycles. The van der Waals surface area contributed by atoms with E-state index in [9.17, 15) is 4.79 Å². The van der Waals surface area contributed by atoms with Gasteiger partial charge in [0.2, 0.25) is 11.9 Å². The van der Waals surface area contributed by atoms with Crippen LogP contribution in [0.25, 0.3) is 22.0 Å². The fourth-order valence-electron chi connectivity index (χ4n) is 4.83. The Balaban J connectivity index is 1.39. The smallest absolute Gasteiger partial charge is 0.245 e. The van der Waals surface area contributed by atoms with E-state index in [4.69, 9.17) is 4.98 Å². The maximum Gasteiger partial charge on any atom is 0.245 e. The normalized spacial score (nSPS) is 21.4. The largest absolute Gasteiger partial charge is 0.339 e. The first kappa shape index (κ1) is 19.9. The van der Waals surface area contributed by atoms with Gasteiger partial charge in [-0.1, -0.05) is 36.4 Å². The van der Waals surface area contributed by atoms with Crippen molar-refractivity contribution in [3.05, 3.63) is 54.7 Å². The average molecular weight is 416 g/mol. The number of aromatic nitrogens is 2. The van der Waals surface area contributed by atoms with E-state index in [1.807, 2.05) is 17.2 Å². The Bertz CT molecular complexity index is 1100. The summed E-state index contributed by atoms with van der Waals surface area (Å²) in [6, 6.07) is 17.0. The van der Waals surface area contributed by atoms with Gasteiger partial charge in [-0.15, -0.1) is 0 Å². The quantitative estimate of drug-likeness (QED) is 0.654. The number of anilines is 1. The first-order valence-electron chi connectivity index (χ1n) is 11.1. The number of carbonyl (C=O) groups excluding carboxylic acids is 1. The number of carbonyl (C=O) groups is 1. The molecule has 1 aromatic heterocycles. The maximum atomic E-state index is 13.3. The van der Waals surface area contributed by atoms with E-state index in [0.29, 0.717) is 12.0 Å². The fraction of sp³-hybridized carbons (Fsp3) is 0.400. The highest BCUT2D eigenvalue weighted by Gasteiger charge is 2.38. The number of likely N-dealkylation sites (tertiary alicyclic amines) is 1.